The van der Waals surface area contributed by atoms with E-state index < -0.39 is 18.2 Å². The van der Waals surface area contributed by atoms with E-state index in [1.165, 1.54) is 193 Å². The first-order chi connectivity index (χ1) is 24.6. The third-order valence-corrected chi connectivity index (χ3v) is 11.0. The molecule has 300 valence electrons. The van der Waals surface area contributed by atoms with Crippen molar-refractivity contribution in [3.63, 3.8) is 0 Å². The standard InChI is InChI=1S/C45H91NO4/c1-3-5-7-9-11-13-15-16-17-18-19-20-21-22-23-24-25-26-27-28-29-30-32-34-36-38-40-44(49)46-42(41-47)45(50)43(48)39-37-35-33-31-14-12-10-8-6-4-2/h42-43,45,47-48,50H,3-41H2,1-2H3,(H,46,49). The van der Waals surface area contributed by atoms with Gasteiger partial charge in [-0.15, -0.1) is 0 Å². The first-order valence-corrected chi connectivity index (χ1v) is 22.8. The van der Waals surface area contributed by atoms with Gasteiger partial charge in [0.05, 0.1) is 18.8 Å². The zero-order valence-electron chi connectivity index (χ0n) is 34.1. The number of rotatable bonds is 42. The lowest BCUT2D eigenvalue weighted by atomic mass is 9.99. The number of nitrogens with one attached hydrogen (secondary N) is 1. The van der Waals surface area contributed by atoms with E-state index in [9.17, 15) is 20.1 Å². The summed E-state index contributed by atoms with van der Waals surface area (Å²) in [6.07, 6.45) is 46.6. The number of unbranched alkanes of at least 4 members (excludes halogenated alkanes) is 34. The smallest absolute Gasteiger partial charge is 0.220 e. The molecule has 0 saturated heterocycles. The van der Waals surface area contributed by atoms with E-state index in [-0.39, 0.29) is 12.5 Å². The molecule has 0 aromatic heterocycles. The van der Waals surface area contributed by atoms with Crippen LogP contribution in [0.2, 0.25) is 0 Å². The summed E-state index contributed by atoms with van der Waals surface area (Å²) < 4.78 is 0. The van der Waals surface area contributed by atoms with Crippen molar-refractivity contribution in [2.45, 2.75) is 276 Å². The molecule has 3 unspecified atom stereocenters. The summed E-state index contributed by atoms with van der Waals surface area (Å²) in [5.74, 6) is -0.140. The molecule has 0 spiro atoms. The van der Waals surface area contributed by atoms with Crippen molar-refractivity contribution in [1.82, 2.24) is 5.32 Å². The van der Waals surface area contributed by atoms with Crippen molar-refractivity contribution in [3.05, 3.63) is 0 Å². The molecular formula is C45H91NO4. The fraction of sp³-hybridized carbons (Fsp3) is 0.978. The molecule has 0 aliphatic heterocycles. The van der Waals surface area contributed by atoms with E-state index in [1.807, 2.05) is 0 Å². The van der Waals surface area contributed by atoms with Gasteiger partial charge in [0.2, 0.25) is 5.91 Å². The minimum Gasteiger partial charge on any atom is -0.394 e. The Labute approximate surface area is 313 Å². The molecule has 0 saturated carbocycles. The van der Waals surface area contributed by atoms with E-state index in [4.69, 9.17) is 0 Å². The van der Waals surface area contributed by atoms with Crippen LogP contribution in [0.15, 0.2) is 0 Å². The molecule has 0 radical (unpaired) electrons. The van der Waals surface area contributed by atoms with E-state index in [2.05, 4.69) is 19.2 Å². The van der Waals surface area contributed by atoms with Gasteiger partial charge >= 0.3 is 0 Å². The maximum absolute atomic E-state index is 12.4. The topological polar surface area (TPSA) is 89.8 Å². The largest absolute Gasteiger partial charge is 0.394 e. The van der Waals surface area contributed by atoms with Crippen molar-refractivity contribution in [3.8, 4) is 0 Å². The lowest BCUT2D eigenvalue weighted by Gasteiger charge is -2.26. The zero-order valence-corrected chi connectivity index (χ0v) is 34.1. The quantitative estimate of drug-likeness (QED) is 0.0475. The Morgan fingerprint density at radius 2 is 0.680 bits per heavy atom. The summed E-state index contributed by atoms with van der Waals surface area (Å²) >= 11 is 0. The molecule has 0 aliphatic rings. The van der Waals surface area contributed by atoms with Crippen LogP contribution < -0.4 is 5.32 Å². The third-order valence-electron chi connectivity index (χ3n) is 11.0. The van der Waals surface area contributed by atoms with Gasteiger partial charge in [-0.3, -0.25) is 4.79 Å². The first-order valence-electron chi connectivity index (χ1n) is 22.8. The van der Waals surface area contributed by atoms with Crippen LogP contribution in [0.25, 0.3) is 0 Å². The Hall–Kier alpha value is -0.650. The van der Waals surface area contributed by atoms with Gasteiger partial charge in [0.25, 0.3) is 0 Å². The highest BCUT2D eigenvalue weighted by Crippen LogP contribution is 2.17. The Morgan fingerprint density at radius 3 is 0.960 bits per heavy atom. The Bertz CT molecular complexity index is 659. The summed E-state index contributed by atoms with van der Waals surface area (Å²) in [7, 11) is 0. The monoisotopic (exact) mass is 710 g/mol. The van der Waals surface area contributed by atoms with Crippen molar-refractivity contribution < 1.29 is 20.1 Å². The van der Waals surface area contributed by atoms with Crippen LogP contribution in [0.1, 0.15) is 258 Å². The molecule has 0 aliphatic carbocycles. The zero-order chi connectivity index (χ0) is 36.6. The van der Waals surface area contributed by atoms with Gasteiger partial charge in [-0.1, -0.05) is 239 Å². The van der Waals surface area contributed by atoms with Crippen LogP contribution in [0, 0.1) is 0 Å². The summed E-state index contributed by atoms with van der Waals surface area (Å²) in [4.78, 5) is 12.4. The summed E-state index contributed by atoms with van der Waals surface area (Å²) in [5, 5.41) is 33.4. The minimum absolute atomic E-state index is 0.140. The van der Waals surface area contributed by atoms with E-state index >= 15 is 0 Å². The average Bonchev–Trinajstić information content (AvgIpc) is 3.12. The second kappa shape index (κ2) is 41.1. The van der Waals surface area contributed by atoms with Crippen molar-refractivity contribution in [1.29, 1.82) is 0 Å². The van der Waals surface area contributed by atoms with Crippen LogP contribution in [0.3, 0.4) is 0 Å². The van der Waals surface area contributed by atoms with E-state index in [0.717, 1.165) is 38.5 Å². The van der Waals surface area contributed by atoms with E-state index in [0.29, 0.717) is 12.8 Å². The van der Waals surface area contributed by atoms with Gasteiger partial charge in [0.15, 0.2) is 0 Å². The van der Waals surface area contributed by atoms with Crippen LogP contribution in [0.4, 0.5) is 0 Å². The molecule has 5 heteroatoms. The first kappa shape index (κ1) is 49.4. The molecule has 0 rings (SSSR count). The number of aliphatic hydroxyl groups excluding tert-OH is 3. The molecule has 50 heavy (non-hydrogen) atoms. The minimum atomic E-state index is -1.13. The summed E-state index contributed by atoms with van der Waals surface area (Å²) in [6.45, 7) is 4.18. The van der Waals surface area contributed by atoms with Crippen LogP contribution in [0.5, 0.6) is 0 Å². The molecular weight excluding hydrogens is 618 g/mol. The fourth-order valence-electron chi connectivity index (χ4n) is 7.40. The van der Waals surface area contributed by atoms with Gasteiger partial charge in [-0.2, -0.15) is 0 Å². The lowest BCUT2D eigenvalue weighted by Crippen LogP contribution is -2.50. The van der Waals surface area contributed by atoms with Crippen LogP contribution in [-0.4, -0.2) is 46.1 Å². The third kappa shape index (κ3) is 35.7. The number of hydrogen-bond donors (Lipinski definition) is 4. The highest BCUT2D eigenvalue weighted by atomic mass is 16.3. The number of hydrogen-bond acceptors (Lipinski definition) is 4. The van der Waals surface area contributed by atoms with Crippen molar-refractivity contribution in [2.24, 2.45) is 0 Å². The average molecular weight is 710 g/mol. The highest BCUT2D eigenvalue weighted by Gasteiger charge is 2.26. The predicted octanol–water partition coefficient (Wildman–Crippen LogP) is 13.0. The SMILES string of the molecule is CCCCCCCCCCCCCCCCCCCCCCCCCCCCC(=O)NC(CO)C(O)C(O)CCCCCCCCCCCC. The highest BCUT2D eigenvalue weighted by molar-refractivity contribution is 5.76. The maximum Gasteiger partial charge on any atom is 0.220 e. The van der Waals surface area contributed by atoms with Crippen molar-refractivity contribution in [2.75, 3.05) is 6.61 Å². The number of carbonyl (C=O) groups is 1. The molecule has 5 nitrogen and oxygen atoms in total. The Balaban J connectivity index is 3.48. The molecule has 3 atom stereocenters. The molecule has 4 N–H and O–H groups in total. The molecule has 0 fully saturated rings. The fourth-order valence-corrected chi connectivity index (χ4v) is 7.40. The van der Waals surface area contributed by atoms with Gasteiger partial charge < -0.3 is 20.6 Å². The van der Waals surface area contributed by atoms with Gasteiger partial charge in [0.1, 0.15) is 6.10 Å². The predicted molar refractivity (Wildman–Crippen MR) is 218 cm³/mol. The van der Waals surface area contributed by atoms with E-state index in [1.54, 1.807) is 0 Å². The molecule has 0 bridgehead atoms. The number of amides is 1. The molecule has 0 aromatic rings. The number of carbonyl (C=O) groups excluding carboxylic acids is 1. The maximum atomic E-state index is 12.4. The van der Waals surface area contributed by atoms with Crippen molar-refractivity contribution >= 4 is 5.91 Å². The lowest BCUT2D eigenvalue weighted by molar-refractivity contribution is -0.124. The Kier molecular flexibility index (Phi) is 40.6. The summed E-state index contributed by atoms with van der Waals surface area (Å²) in [5.41, 5.74) is 0. The molecule has 1 amide bonds. The second-order valence-corrected chi connectivity index (χ2v) is 16.0. The van der Waals surface area contributed by atoms with Gasteiger partial charge in [-0.05, 0) is 12.8 Å². The van der Waals surface area contributed by atoms with Crippen LogP contribution in [-0.2, 0) is 4.79 Å². The van der Waals surface area contributed by atoms with Crippen LogP contribution >= 0.6 is 0 Å². The molecule has 0 aromatic carbocycles. The number of aliphatic hydroxyl groups is 3. The summed E-state index contributed by atoms with van der Waals surface area (Å²) in [6, 6.07) is -0.801. The Morgan fingerprint density at radius 1 is 0.420 bits per heavy atom. The normalized spacial score (nSPS) is 13.5. The molecule has 0 heterocycles. The van der Waals surface area contributed by atoms with Gasteiger partial charge in [0, 0.05) is 6.42 Å². The van der Waals surface area contributed by atoms with Gasteiger partial charge in [-0.25, -0.2) is 0 Å². The second-order valence-electron chi connectivity index (χ2n) is 16.0.